The third-order valence-corrected chi connectivity index (χ3v) is 2.70. The standard InChI is InChI=1S/C16H14O5/c17-15(18)12-6-8-14(9-7-12)20-10-11-21-16(19)13-4-2-1-3-5-13/h1-9H,10-11H2,(H,17,18). The van der Waals surface area contributed by atoms with Crippen LogP contribution in [0.5, 0.6) is 5.75 Å². The molecule has 0 aliphatic rings. The Morgan fingerprint density at radius 1 is 0.857 bits per heavy atom. The van der Waals surface area contributed by atoms with Crippen molar-refractivity contribution in [3.8, 4) is 5.75 Å². The first kappa shape index (κ1) is 14.6. The molecule has 2 rings (SSSR count). The Morgan fingerprint density at radius 2 is 1.52 bits per heavy atom. The Kier molecular flexibility index (Phi) is 4.93. The van der Waals surface area contributed by atoms with E-state index in [-0.39, 0.29) is 18.8 Å². The van der Waals surface area contributed by atoms with E-state index < -0.39 is 11.9 Å². The number of carboxylic acids is 1. The van der Waals surface area contributed by atoms with E-state index in [1.807, 2.05) is 6.07 Å². The fourth-order valence-electron chi connectivity index (χ4n) is 1.65. The first-order chi connectivity index (χ1) is 10.2. The van der Waals surface area contributed by atoms with Crippen LogP contribution >= 0.6 is 0 Å². The van der Waals surface area contributed by atoms with Gasteiger partial charge in [-0.2, -0.15) is 0 Å². The summed E-state index contributed by atoms with van der Waals surface area (Å²) in [6.07, 6.45) is 0. The van der Waals surface area contributed by atoms with Crippen LogP contribution in [0.4, 0.5) is 0 Å². The van der Waals surface area contributed by atoms with Crippen molar-refractivity contribution < 1.29 is 24.2 Å². The van der Waals surface area contributed by atoms with Crippen molar-refractivity contribution in [2.45, 2.75) is 0 Å². The molecule has 0 aliphatic carbocycles. The Hall–Kier alpha value is -2.82. The van der Waals surface area contributed by atoms with Gasteiger partial charge in [0.1, 0.15) is 19.0 Å². The summed E-state index contributed by atoms with van der Waals surface area (Å²) in [6, 6.07) is 14.7. The van der Waals surface area contributed by atoms with Gasteiger partial charge in [0.15, 0.2) is 0 Å². The van der Waals surface area contributed by atoms with Crippen LogP contribution in [-0.4, -0.2) is 30.3 Å². The molecular formula is C16H14O5. The highest BCUT2D eigenvalue weighted by molar-refractivity contribution is 5.89. The van der Waals surface area contributed by atoms with Crippen molar-refractivity contribution in [3.63, 3.8) is 0 Å². The number of rotatable bonds is 6. The fourth-order valence-corrected chi connectivity index (χ4v) is 1.65. The third-order valence-electron chi connectivity index (χ3n) is 2.70. The van der Waals surface area contributed by atoms with Crippen LogP contribution in [0.3, 0.4) is 0 Å². The number of benzene rings is 2. The van der Waals surface area contributed by atoms with Crippen molar-refractivity contribution in [1.82, 2.24) is 0 Å². The molecule has 5 heteroatoms. The molecule has 0 aliphatic heterocycles. The molecule has 0 radical (unpaired) electrons. The van der Waals surface area contributed by atoms with Crippen molar-refractivity contribution in [1.29, 1.82) is 0 Å². The summed E-state index contributed by atoms with van der Waals surface area (Å²) in [5, 5.41) is 8.76. The lowest BCUT2D eigenvalue weighted by atomic mass is 10.2. The van der Waals surface area contributed by atoms with Crippen molar-refractivity contribution in [2.75, 3.05) is 13.2 Å². The first-order valence-corrected chi connectivity index (χ1v) is 6.35. The summed E-state index contributed by atoms with van der Waals surface area (Å²) in [5.74, 6) is -0.866. The van der Waals surface area contributed by atoms with E-state index >= 15 is 0 Å². The van der Waals surface area contributed by atoms with Crippen LogP contribution in [0.25, 0.3) is 0 Å². The van der Waals surface area contributed by atoms with Crippen molar-refractivity contribution >= 4 is 11.9 Å². The number of carboxylic acid groups (broad SMARTS) is 1. The molecule has 0 unspecified atom stereocenters. The van der Waals surface area contributed by atoms with Gasteiger partial charge in [-0.15, -0.1) is 0 Å². The average molecular weight is 286 g/mol. The van der Waals surface area contributed by atoms with Gasteiger partial charge in [-0.3, -0.25) is 0 Å². The van der Waals surface area contributed by atoms with E-state index in [4.69, 9.17) is 14.6 Å². The smallest absolute Gasteiger partial charge is 0.338 e. The van der Waals surface area contributed by atoms with Crippen LogP contribution in [0, 0.1) is 0 Å². The second-order valence-electron chi connectivity index (χ2n) is 4.18. The minimum absolute atomic E-state index is 0.119. The molecule has 5 nitrogen and oxygen atoms in total. The molecule has 0 fully saturated rings. The summed E-state index contributed by atoms with van der Waals surface area (Å²) in [7, 11) is 0. The number of esters is 1. The van der Waals surface area contributed by atoms with Crippen molar-refractivity contribution in [2.24, 2.45) is 0 Å². The molecule has 0 heterocycles. The van der Waals surface area contributed by atoms with E-state index in [0.717, 1.165) is 0 Å². The number of carbonyl (C=O) groups excluding carboxylic acids is 1. The lowest BCUT2D eigenvalue weighted by Gasteiger charge is -2.07. The van der Waals surface area contributed by atoms with Crippen LogP contribution in [0.1, 0.15) is 20.7 Å². The molecule has 0 bridgehead atoms. The molecular weight excluding hydrogens is 272 g/mol. The van der Waals surface area contributed by atoms with Crippen LogP contribution in [0.2, 0.25) is 0 Å². The number of hydrogen-bond donors (Lipinski definition) is 1. The molecule has 0 atom stereocenters. The summed E-state index contributed by atoms with van der Waals surface area (Å²) in [5.41, 5.74) is 0.682. The molecule has 2 aromatic rings. The third kappa shape index (κ3) is 4.35. The van der Waals surface area contributed by atoms with Crippen LogP contribution in [0.15, 0.2) is 54.6 Å². The van der Waals surface area contributed by atoms with Crippen LogP contribution < -0.4 is 4.74 Å². The summed E-state index contributed by atoms with van der Waals surface area (Å²) >= 11 is 0. The molecule has 0 spiro atoms. The predicted molar refractivity (Wildman–Crippen MR) is 75.6 cm³/mol. The van der Waals surface area contributed by atoms with E-state index in [2.05, 4.69) is 0 Å². The van der Waals surface area contributed by atoms with Gasteiger partial charge in [0.25, 0.3) is 0 Å². The van der Waals surface area contributed by atoms with Crippen molar-refractivity contribution in [3.05, 3.63) is 65.7 Å². The number of carbonyl (C=O) groups is 2. The lowest BCUT2D eigenvalue weighted by molar-refractivity contribution is 0.0450. The Labute approximate surface area is 121 Å². The summed E-state index contributed by atoms with van der Waals surface area (Å²) in [6.45, 7) is 0.319. The van der Waals surface area contributed by atoms with Gasteiger partial charge >= 0.3 is 11.9 Å². The largest absolute Gasteiger partial charge is 0.490 e. The fraction of sp³-hybridized carbons (Fsp3) is 0.125. The highest BCUT2D eigenvalue weighted by atomic mass is 16.6. The second kappa shape index (κ2) is 7.09. The zero-order valence-corrected chi connectivity index (χ0v) is 11.2. The van der Waals surface area contributed by atoms with Gasteiger partial charge in [-0.25, -0.2) is 9.59 Å². The molecule has 0 saturated heterocycles. The Bertz CT molecular complexity index is 604. The molecule has 1 N–H and O–H groups in total. The van der Waals surface area contributed by atoms with Gasteiger partial charge in [-0.05, 0) is 36.4 Å². The van der Waals surface area contributed by atoms with Gasteiger partial charge in [0, 0.05) is 0 Å². The zero-order chi connectivity index (χ0) is 15.1. The van der Waals surface area contributed by atoms with E-state index in [9.17, 15) is 9.59 Å². The maximum absolute atomic E-state index is 11.6. The van der Waals surface area contributed by atoms with E-state index in [1.54, 1.807) is 36.4 Å². The molecule has 0 amide bonds. The van der Waals surface area contributed by atoms with Gasteiger partial charge in [0.2, 0.25) is 0 Å². The molecule has 21 heavy (non-hydrogen) atoms. The second-order valence-corrected chi connectivity index (χ2v) is 4.18. The van der Waals surface area contributed by atoms with Crippen LogP contribution in [-0.2, 0) is 4.74 Å². The minimum Gasteiger partial charge on any atom is -0.490 e. The maximum atomic E-state index is 11.6. The average Bonchev–Trinajstić information content (AvgIpc) is 2.52. The molecule has 0 aromatic heterocycles. The minimum atomic E-state index is -0.988. The predicted octanol–water partition coefficient (Wildman–Crippen LogP) is 2.62. The highest BCUT2D eigenvalue weighted by Crippen LogP contribution is 2.12. The molecule has 0 saturated carbocycles. The maximum Gasteiger partial charge on any atom is 0.338 e. The van der Waals surface area contributed by atoms with E-state index in [1.165, 1.54) is 12.1 Å². The topological polar surface area (TPSA) is 72.8 Å². The zero-order valence-electron chi connectivity index (χ0n) is 11.2. The lowest BCUT2D eigenvalue weighted by Crippen LogP contribution is -2.12. The van der Waals surface area contributed by atoms with E-state index in [0.29, 0.717) is 11.3 Å². The quantitative estimate of drug-likeness (QED) is 0.652. The normalized spacial score (nSPS) is 9.90. The highest BCUT2D eigenvalue weighted by Gasteiger charge is 2.06. The number of ether oxygens (including phenoxy) is 2. The summed E-state index contributed by atoms with van der Waals surface area (Å²) in [4.78, 5) is 22.3. The van der Waals surface area contributed by atoms with Gasteiger partial charge in [-0.1, -0.05) is 18.2 Å². The Balaban J connectivity index is 1.75. The monoisotopic (exact) mass is 286 g/mol. The molecule has 2 aromatic carbocycles. The first-order valence-electron chi connectivity index (χ1n) is 6.35. The van der Waals surface area contributed by atoms with Gasteiger partial charge < -0.3 is 14.6 Å². The number of aromatic carboxylic acids is 1. The summed E-state index contributed by atoms with van der Waals surface area (Å²) < 4.78 is 10.4. The van der Waals surface area contributed by atoms with Gasteiger partial charge in [0.05, 0.1) is 11.1 Å². The molecule has 108 valence electrons. The SMILES string of the molecule is O=C(O)c1ccc(OCCOC(=O)c2ccccc2)cc1. The number of hydrogen-bond acceptors (Lipinski definition) is 4. The Morgan fingerprint density at radius 3 is 2.14 bits per heavy atom.